The van der Waals surface area contributed by atoms with Crippen molar-refractivity contribution in [1.82, 2.24) is 5.32 Å². The van der Waals surface area contributed by atoms with Crippen LogP contribution in [0.15, 0.2) is 77.7 Å². The number of anilines is 1. The zero-order valence-electron chi connectivity index (χ0n) is 18.7. The molecule has 3 aromatic rings. The first-order valence-electron chi connectivity index (χ1n) is 10.3. The van der Waals surface area contributed by atoms with Crippen molar-refractivity contribution >= 4 is 33.2 Å². The number of nitrogens with zero attached hydrogens (tertiary/aromatic N) is 1. The lowest BCUT2D eigenvalue weighted by Gasteiger charge is -2.25. The molecular formula is C24H25ClN2O6S. The molecule has 0 unspecified atom stereocenters. The molecule has 0 bridgehead atoms. The number of para-hydroxylation sites is 3. The molecule has 0 aliphatic rings. The third-order valence-corrected chi connectivity index (χ3v) is 6.89. The zero-order valence-corrected chi connectivity index (χ0v) is 20.3. The maximum absolute atomic E-state index is 13.5. The van der Waals surface area contributed by atoms with Gasteiger partial charge in [-0.2, -0.15) is 0 Å². The van der Waals surface area contributed by atoms with E-state index in [-0.39, 0.29) is 23.7 Å². The minimum Gasteiger partial charge on any atom is -0.497 e. The van der Waals surface area contributed by atoms with Crippen LogP contribution in [0.5, 0.6) is 17.2 Å². The summed E-state index contributed by atoms with van der Waals surface area (Å²) in [6.45, 7) is -0.136. The van der Waals surface area contributed by atoms with Crippen LogP contribution in [0, 0.1) is 0 Å². The standard InChI is InChI=1S/C24H25ClN2O6S/c1-31-18-11-13-19(14-12-18)34(29,30)27(21-8-4-6-10-23(21)32-2)17-24(28)26-15-16-33-22-9-5-3-7-20(22)25/h3-14H,15-17H2,1-2H3,(H,26,28). The van der Waals surface area contributed by atoms with Gasteiger partial charge in [0.2, 0.25) is 5.91 Å². The predicted octanol–water partition coefficient (Wildman–Crippen LogP) is 3.75. The van der Waals surface area contributed by atoms with Gasteiger partial charge in [-0.3, -0.25) is 9.10 Å². The highest BCUT2D eigenvalue weighted by Gasteiger charge is 2.29. The number of amides is 1. The van der Waals surface area contributed by atoms with Gasteiger partial charge in [0.1, 0.15) is 30.4 Å². The second kappa shape index (κ2) is 11.6. The van der Waals surface area contributed by atoms with Gasteiger partial charge >= 0.3 is 0 Å². The van der Waals surface area contributed by atoms with E-state index in [9.17, 15) is 13.2 Å². The number of carbonyl (C=O) groups is 1. The van der Waals surface area contributed by atoms with Crippen molar-refractivity contribution < 1.29 is 27.4 Å². The molecule has 34 heavy (non-hydrogen) atoms. The number of methoxy groups -OCH3 is 2. The summed E-state index contributed by atoms with van der Waals surface area (Å²) in [6, 6.07) is 19.5. The second-order valence-electron chi connectivity index (χ2n) is 6.99. The van der Waals surface area contributed by atoms with E-state index in [1.807, 2.05) is 0 Å². The zero-order chi connectivity index (χ0) is 24.6. The van der Waals surface area contributed by atoms with Crippen molar-refractivity contribution in [2.24, 2.45) is 0 Å². The molecule has 0 atom stereocenters. The molecule has 0 heterocycles. The maximum atomic E-state index is 13.5. The fraction of sp³-hybridized carbons (Fsp3) is 0.208. The summed E-state index contributed by atoms with van der Waals surface area (Å²) in [7, 11) is -1.17. The first kappa shape index (κ1) is 25.2. The topological polar surface area (TPSA) is 94.2 Å². The van der Waals surface area contributed by atoms with Gasteiger partial charge in [-0.1, -0.05) is 35.9 Å². The lowest BCUT2D eigenvalue weighted by atomic mass is 10.3. The molecule has 0 saturated carbocycles. The number of nitrogens with one attached hydrogen (secondary N) is 1. The molecule has 0 aromatic heterocycles. The summed E-state index contributed by atoms with van der Waals surface area (Å²) in [5.74, 6) is 0.815. The van der Waals surface area contributed by atoms with E-state index in [0.717, 1.165) is 4.31 Å². The van der Waals surface area contributed by atoms with E-state index in [1.54, 1.807) is 60.7 Å². The summed E-state index contributed by atoms with van der Waals surface area (Å²) in [5.41, 5.74) is 0.239. The van der Waals surface area contributed by atoms with Crippen LogP contribution in [-0.2, 0) is 14.8 Å². The number of carbonyl (C=O) groups excluding carboxylic acids is 1. The number of benzene rings is 3. The van der Waals surface area contributed by atoms with E-state index in [2.05, 4.69) is 5.32 Å². The van der Waals surface area contributed by atoms with Crippen molar-refractivity contribution in [1.29, 1.82) is 0 Å². The Balaban J connectivity index is 1.77. The lowest BCUT2D eigenvalue weighted by Crippen LogP contribution is -2.42. The van der Waals surface area contributed by atoms with E-state index in [1.165, 1.54) is 26.4 Å². The summed E-state index contributed by atoms with van der Waals surface area (Å²) in [6.07, 6.45) is 0. The van der Waals surface area contributed by atoms with Crippen molar-refractivity contribution in [3.63, 3.8) is 0 Å². The van der Waals surface area contributed by atoms with Gasteiger partial charge in [-0.15, -0.1) is 0 Å². The van der Waals surface area contributed by atoms with Crippen LogP contribution in [0.4, 0.5) is 5.69 Å². The van der Waals surface area contributed by atoms with Crippen LogP contribution >= 0.6 is 11.6 Å². The fourth-order valence-corrected chi connectivity index (χ4v) is 4.73. The number of ether oxygens (including phenoxy) is 3. The Bertz CT molecular complexity index is 1220. The van der Waals surface area contributed by atoms with Gasteiger partial charge in [-0.25, -0.2) is 8.42 Å². The van der Waals surface area contributed by atoms with E-state index >= 15 is 0 Å². The Morgan fingerprint density at radius 3 is 2.21 bits per heavy atom. The Kier molecular flexibility index (Phi) is 8.61. The van der Waals surface area contributed by atoms with Gasteiger partial charge in [0.05, 0.1) is 36.4 Å². The molecule has 3 rings (SSSR count). The Morgan fingerprint density at radius 1 is 0.912 bits per heavy atom. The van der Waals surface area contributed by atoms with E-state index < -0.39 is 22.5 Å². The number of halogens is 1. The largest absolute Gasteiger partial charge is 0.497 e. The minimum atomic E-state index is -4.10. The molecule has 0 radical (unpaired) electrons. The number of sulfonamides is 1. The van der Waals surface area contributed by atoms with Crippen LogP contribution in [-0.4, -0.2) is 48.2 Å². The van der Waals surface area contributed by atoms with Gasteiger partial charge in [0.25, 0.3) is 10.0 Å². The monoisotopic (exact) mass is 504 g/mol. The van der Waals surface area contributed by atoms with Crippen molar-refractivity contribution in [3.05, 3.63) is 77.8 Å². The predicted molar refractivity (Wildman–Crippen MR) is 130 cm³/mol. The summed E-state index contributed by atoms with van der Waals surface area (Å²) >= 11 is 6.05. The number of rotatable bonds is 11. The van der Waals surface area contributed by atoms with E-state index in [0.29, 0.717) is 22.3 Å². The first-order chi connectivity index (χ1) is 16.4. The Labute approximate surface area is 204 Å². The van der Waals surface area contributed by atoms with Crippen LogP contribution in [0.2, 0.25) is 5.02 Å². The maximum Gasteiger partial charge on any atom is 0.264 e. The highest BCUT2D eigenvalue weighted by Crippen LogP contribution is 2.32. The molecule has 1 N–H and O–H groups in total. The van der Waals surface area contributed by atoms with Crippen LogP contribution in [0.1, 0.15) is 0 Å². The molecule has 10 heteroatoms. The molecular weight excluding hydrogens is 480 g/mol. The van der Waals surface area contributed by atoms with Crippen LogP contribution < -0.4 is 23.8 Å². The molecule has 8 nitrogen and oxygen atoms in total. The fourth-order valence-electron chi connectivity index (χ4n) is 3.11. The molecule has 180 valence electrons. The summed E-state index contributed by atoms with van der Waals surface area (Å²) in [5, 5.41) is 3.14. The molecule has 0 spiro atoms. The van der Waals surface area contributed by atoms with Crippen molar-refractivity contribution in [2.75, 3.05) is 38.2 Å². The highest BCUT2D eigenvalue weighted by atomic mass is 35.5. The normalized spacial score (nSPS) is 10.9. The summed E-state index contributed by atoms with van der Waals surface area (Å²) < 4.78 is 44.0. The van der Waals surface area contributed by atoms with Crippen molar-refractivity contribution in [2.45, 2.75) is 4.90 Å². The first-order valence-corrected chi connectivity index (χ1v) is 12.1. The quantitative estimate of drug-likeness (QED) is 0.400. The number of hydrogen-bond donors (Lipinski definition) is 1. The Morgan fingerprint density at radius 2 is 1.56 bits per heavy atom. The average molecular weight is 505 g/mol. The SMILES string of the molecule is COc1ccc(S(=O)(=O)N(CC(=O)NCCOc2ccccc2Cl)c2ccccc2OC)cc1. The smallest absolute Gasteiger partial charge is 0.264 e. The van der Waals surface area contributed by atoms with Crippen LogP contribution in [0.3, 0.4) is 0 Å². The summed E-state index contributed by atoms with van der Waals surface area (Å²) in [4.78, 5) is 12.7. The molecule has 0 aliphatic heterocycles. The third-order valence-electron chi connectivity index (χ3n) is 4.81. The molecule has 3 aromatic carbocycles. The molecule has 0 saturated heterocycles. The second-order valence-corrected chi connectivity index (χ2v) is 9.26. The van der Waals surface area contributed by atoms with Gasteiger partial charge < -0.3 is 19.5 Å². The van der Waals surface area contributed by atoms with Gasteiger partial charge in [-0.05, 0) is 48.5 Å². The van der Waals surface area contributed by atoms with E-state index in [4.69, 9.17) is 25.8 Å². The Hall–Kier alpha value is -3.43. The molecule has 1 amide bonds. The minimum absolute atomic E-state index is 0.00839. The third kappa shape index (κ3) is 6.12. The molecule has 0 aliphatic carbocycles. The average Bonchev–Trinajstić information content (AvgIpc) is 2.86. The molecule has 0 fully saturated rings. The van der Waals surface area contributed by atoms with Crippen molar-refractivity contribution in [3.8, 4) is 17.2 Å². The lowest BCUT2D eigenvalue weighted by molar-refractivity contribution is -0.119. The van der Waals surface area contributed by atoms with Gasteiger partial charge in [0.15, 0.2) is 0 Å². The van der Waals surface area contributed by atoms with Gasteiger partial charge in [0, 0.05) is 0 Å². The highest BCUT2D eigenvalue weighted by molar-refractivity contribution is 7.92. The number of hydrogen-bond acceptors (Lipinski definition) is 6. The van der Waals surface area contributed by atoms with Crippen LogP contribution in [0.25, 0.3) is 0 Å².